The third-order valence-electron chi connectivity index (χ3n) is 4.76. The lowest BCUT2D eigenvalue weighted by molar-refractivity contribution is -0.117. The lowest BCUT2D eigenvalue weighted by atomic mass is 9.89. The van der Waals surface area contributed by atoms with Gasteiger partial charge in [-0.15, -0.1) is 0 Å². The molecular formula is C18H22F2N4O. The van der Waals surface area contributed by atoms with Crippen LogP contribution in [0.15, 0.2) is 18.2 Å². The number of amides is 1. The molecule has 2 heterocycles. The molecule has 1 aromatic heterocycles. The van der Waals surface area contributed by atoms with Crippen LogP contribution in [0.4, 0.5) is 14.5 Å². The Bertz CT molecular complexity index is 747. The number of aromatic nitrogens is 2. The molecule has 2 aromatic rings. The van der Waals surface area contributed by atoms with Crippen molar-refractivity contribution in [1.82, 2.24) is 15.1 Å². The highest BCUT2D eigenvalue weighted by Gasteiger charge is 2.23. The summed E-state index contributed by atoms with van der Waals surface area (Å²) in [7, 11) is 0. The minimum absolute atomic E-state index is 0.0705. The summed E-state index contributed by atoms with van der Waals surface area (Å²) in [6, 6.07) is 4.11. The number of anilines is 1. The smallest absolute Gasteiger partial charge is 0.238 e. The molecule has 0 aliphatic carbocycles. The molecule has 3 rings (SSSR count). The first-order valence-corrected chi connectivity index (χ1v) is 8.42. The lowest BCUT2D eigenvalue weighted by Gasteiger charge is -2.31. The minimum Gasteiger partial charge on any atom is -0.322 e. The number of likely N-dealkylation sites (tertiary alicyclic amines) is 1. The van der Waals surface area contributed by atoms with E-state index in [0.29, 0.717) is 6.54 Å². The Kier molecular flexibility index (Phi) is 5.13. The van der Waals surface area contributed by atoms with Crippen molar-refractivity contribution < 1.29 is 13.6 Å². The third kappa shape index (κ3) is 4.04. The molecule has 5 nitrogen and oxygen atoms in total. The molecule has 134 valence electrons. The summed E-state index contributed by atoms with van der Waals surface area (Å²) in [5, 5.41) is 9.80. The zero-order valence-electron chi connectivity index (χ0n) is 14.4. The number of piperidine rings is 1. The fraction of sp³-hybridized carbons (Fsp3) is 0.444. The number of hydrogen-bond donors (Lipinski definition) is 2. The lowest BCUT2D eigenvalue weighted by Crippen LogP contribution is -2.38. The minimum atomic E-state index is -0.817. The van der Waals surface area contributed by atoms with E-state index >= 15 is 0 Å². The Labute approximate surface area is 145 Å². The van der Waals surface area contributed by atoms with Gasteiger partial charge in [-0.3, -0.25) is 14.8 Å². The number of aromatic amines is 1. The van der Waals surface area contributed by atoms with Crippen molar-refractivity contribution in [2.45, 2.75) is 32.6 Å². The molecular weight excluding hydrogens is 326 g/mol. The normalized spacial score (nSPS) is 16.2. The van der Waals surface area contributed by atoms with Gasteiger partial charge in [0.05, 0.1) is 23.6 Å². The summed E-state index contributed by atoms with van der Waals surface area (Å²) < 4.78 is 26.4. The molecule has 0 radical (unpaired) electrons. The standard InChI is InChI=1S/C18H22F2N4O/c1-11-18(12(2)23-22-11)21-17(25)10-24-7-5-13(6-8-24)14-3-4-15(19)16(20)9-14/h3-4,9,13H,5-8,10H2,1-2H3,(H,21,25)(H,22,23). The molecule has 1 aliphatic rings. The van der Waals surface area contributed by atoms with Crippen molar-refractivity contribution in [3.63, 3.8) is 0 Å². The Morgan fingerprint density at radius 1 is 1.28 bits per heavy atom. The van der Waals surface area contributed by atoms with E-state index in [1.807, 2.05) is 13.8 Å². The first-order valence-electron chi connectivity index (χ1n) is 8.42. The van der Waals surface area contributed by atoms with Crippen LogP contribution in [0.1, 0.15) is 35.7 Å². The SMILES string of the molecule is Cc1n[nH]c(C)c1NC(=O)CN1CCC(c2ccc(F)c(F)c2)CC1. The Morgan fingerprint density at radius 3 is 2.60 bits per heavy atom. The van der Waals surface area contributed by atoms with Crippen LogP contribution in [0.2, 0.25) is 0 Å². The van der Waals surface area contributed by atoms with Gasteiger partial charge in [0.25, 0.3) is 0 Å². The van der Waals surface area contributed by atoms with Crippen LogP contribution in [0.25, 0.3) is 0 Å². The number of nitrogens with zero attached hydrogens (tertiary/aromatic N) is 2. The molecule has 1 aliphatic heterocycles. The molecule has 1 amide bonds. The van der Waals surface area contributed by atoms with Gasteiger partial charge >= 0.3 is 0 Å². The second kappa shape index (κ2) is 7.31. The molecule has 0 unspecified atom stereocenters. The van der Waals surface area contributed by atoms with E-state index < -0.39 is 11.6 Å². The van der Waals surface area contributed by atoms with E-state index in [2.05, 4.69) is 20.4 Å². The van der Waals surface area contributed by atoms with Crippen LogP contribution in [0.3, 0.4) is 0 Å². The highest BCUT2D eigenvalue weighted by Crippen LogP contribution is 2.29. The van der Waals surface area contributed by atoms with Crippen LogP contribution in [0, 0.1) is 25.5 Å². The van der Waals surface area contributed by atoms with Crippen LogP contribution in [-0.2, 0) is 4.79 Å². The molecule has 1 aromatic carbocycles. The first-order chi connectivity index (χ1) is 11.9. The van der Waals surface area contributed by atoms with E-state index in [4.69, 9.17) is 0 Å². The largest absolute Gasteiger partial charge is 0.322 e. The summed E-state index contributed by atoms with van der Waals surface area (Å²) in [6.45, 7) is 5.52. The second-order valence-electron chi connectivity index (χ2n) is 6.58. The van der Waals surface area contributed by atoms with Gasteiger partial charge in [0.15, 0.2) is 11.6 Å². The highest BCUT2D eigenvalue weighted by molar-refractivity contribution is 5.93. The molecule has 0 spiro atoms. The number of benzene rings is 1. The number of carbonyl (C=O) groups excluding carboxylic acids is 1. The third-order valence-corrected chi connectivity index (χ3v) is 4.76. The predicted octanol–water partition coefficient (Wildman–Crippen LogP) is 3.12. The molecule has 0 atom stereocenters. The predicted molar refractivity (Wildman–Crippen MR) is 91.5 cm³/mol. The summed E-state index contributed by atoms with van der Waals surface area (Å²) in [5.41, 5.74) is 3.17. The quantitative estimate of drug-likeness (QED) is 0.892. The van der Waals surface area contributed by atoms with Gasteiger partial charge in [-0.25, -0.2) is 8.78 Å². The maximum atomic E-state index is 13.4. The topological polar surface area (TPSA) is 61.0 Å². The molecule has 7 heteroatoms. The van der Waals surface area contributed by atoms with Gasteiger partial charge in [-0.1, -0.05) is 6.07 Å². The molecule has 1 saturated heterocycles. The van der Waals surface area contributed by atoms with E-state index in [0.717, 1.165) is 48.6 Å². The molecule has 0 bridgehead atoms. The molecule has 2 N–H and O–H groups in total. The zero-order chi connectivity index (χ0) is 18.0. The van der Waals surface area contributed by atoms with Gasteiger partial charge < -0.3 is 5.32 Å². The van der Waals surface area contributed by atoms with E-state index in [1.165, 1.54) is 12.1 Å². The van der Waals surface area contributed by atoms with E-state index in [-0.39, 0.29) is 11.8 Å². The van der Waals surface area contributed by atoms with Crippen LogP contribution in [0.5, 0.6) is 0 Å². The number of hydrogen-bond acceptors (Lipinski definition) is 3. The number of rotatable bonds is 4. The number of H-pyrrole nitrogens is 1. The summed E-state index contributed by atoms with van der Waals surface area (Å²) in [6.07, 6.45) is 1.64. The summed E-state index contributed by atoms with van der Waals surface area (Å²) in [5.74, 6) is -1.49. The summed E-state index contributed by atoms with van der Waals surface area (Å²) in [4.78, 5) is 14.3. The van der Waals surface area contributed by atoms with E-state index in [9.17, 15) is 13.6 Å². The van der Waals surface area contributed by atoms with Gasteiger partial charge in [0.1, 0.15) is 0 Å². The molecule has 1 fully saturated rings. The van der Waals surface area contributed by atoms with Crippen molar-refractivity contribution in [3.05, 3.63) is 46.8 Å². The highest BCUT2D eigenvalue weighted by atomic mass is 19.2. The summed E-state index contributed by atoms with van der Waals surface area (Å²) >= 11 is 0. The van der Waals surface area contributed by atoms with Crippen LogP contribution in [-0.4, -0.2) is 40.6 Å². The Morgan fingerprint density at radius 2 is 2.00 bits per heavy atom. The number of nitrogens with one attached hydrogen (secondary N) is 2. The fourth-order valence-electron chi connectivity index (χ4n) is 3.31. The average Bonchev–Trinajstić information content (AvgIpc) is 2.90. The molecule has 0 saturated carbocycles. The number of aryl methyl sites for hydroxylation is 2. The van der Waals surface area contributed by atoms with E-state index in [1.54, 1.807) is 6.07 Å². The van der Waals surface area contributed by atoms with Crippen molar-refractivity contribution in [2.24, 2.45) is 0 Å². The van der Waals surface area contributed by atoms with Gasteiger partial charge in [0.2, 0.25) is 5.91 Å². The monoisotopic (exact) mass is 348 g/mol. The Hall–Kier alpha value is -2.28. The van der Waals surface area contributed by atoms with Crippen LogP contribution >= 0.6 is 0 Å². The maximum absolute atomic E-state index is 13.4. The average molecular weight is 348 g/mol. The maximum Gasteiger partial charge on any atom is 0.238 e. The van der Waals surface area contributed by atoms with Crippen molar-refractivity contribution in [2.75, 3.05) is 25.0 Å². The second-order valence-corrected chi connectivity index (χ2v) is 6.58. The first kappa shape index (κ1) is 17.5. The Balaban J connectivity index is 1.52. The van der Waals surface area contributed by atoms with Crippen molar-refractivity contribution >= 4 is 11.6 Å². The van der Waals surface area contributed by atoms with Gasteiger partial charge in [0, 0.05) is 0 Å². The molecule has 25 heavy (non-hydrogen) atoms. The van der Waals surface area contributed by atoms with Gasteiger partial charge in [-0.2, -0.15) is 5.10 Å². The van der Waals surface area contributed by atoms with Crippen molar-refractivity contribution in [3.8, 4) is 0 Å². The zero-order valence-corrected chi connectivity index (χ0v) is 14.4. The fourth-order valence-corrected chi connectivity index (χ4v) is 3.31. The number of carbonyl (C=O) groups is 1. The van der Waals surface area contributed by atoms with Crippen LogP contribution < -0.4 is 5.32 Å². The van der Waals surface area contributed by atoms with Crippen molar-refractivity contribution in [1.29, 1.82) is 0 Å². The number of halogens is 2. The van der Waals surface area contributed by atoms with Gasteiger partial charge in [-0.05, 0) is 63.4 Å².